The van der Waals surface area contributed by atoms with Gasteiger partial charge >= 0.3 is 6.09 Å². The number of carbonyl (C=O) groups is 2. The van der Waals surface area contributed by atoms with Crippen molar-refractivity contribution in [3.05, 3.63) is 29.3 Å². The molecular weight excluding hydrogens is 334 g/mol. The Bertz CT molecular complexity index is 594. The van der Waals surface area contributed by atoms with Crippen LogP contribution < -0.4 is 10.2 Å². The highest BCUT2D eigenvalue weighted by molar-refractivity contribution is 6.30. The first-order valence-corrected chi connectivity index (χ1v) is 8.10. The summed E-state index contributed by atoms with van der Waals surface area (Å²) in [6, 6.07) is 6.75. The van der Waals surface area contributed by atoms with E-state index >= 15 is 0 Å². The quantitative estimate of drug-likeness (QED) is 0.824. The van der Waals surface area contributed by atoms with Gasteiger partial charge in [-0.2, -0.15) is 5.10 Å². The van der Waals surface area contributed by atoms with Crippen molar-refractivity contribution in [2.75, 3.05) is 26.3 Å². The topological polar surface area (TPSA) is 80.2 Å². The van der Waals surface area contributed by atoms with E-state index in [0.29, 0.717) is 43.3 Å². The van der Waals surface area contributed by atoms with Crippen LogP contribution >= 0.6 is 11.6 Å². The Morgan fingerprint density at radius 3 is 2.54 bits per heavy atom. The summed E-state index contributed by atoms with van der Waals surface area (Å²) in [5.41, 5.74) is 3.31. The molecule has 1 aliphatic heterocycles. The first kappa shape index (κ1) is 18.1. The lowest BCUT2D eigenvalue weighted by Gasteiger charge is -2.26. The molecule has 1 aromatic rings. The van der Waals surface area contributed by atoms with Crippen LogP contribution in [-0.4, -0.2) is 48.9 Å². The highest BCUT2D eigenvalue weighted by Gasteiger charge is 2.20. The van der Waals surface area contributed by atoms with Crippen LogP contribution in [0.3, 0.4) is 0 Å². The third-order valence-electron chi connectivity index (χ3n) is 3.39. The molecule has 2 rings (SSSR count). The van der Waals surface area contributed by atoms with E-state index in [-0.39, 0.29) is 18.6 Å². The number of nitrogens with zero attached hydrogens (tertiary/aromatic N) is 2. The monoisotopic (exact) mass is 353 g/mol. The zero-order chi connectivity index (χ0) is 17.4. The van der Waals surface area contributed by atoms with Crippen LogP contribution in [0.25, 0.3) is 0 Å². The number of halogens is 1. The van der Waals surface area contributed by atoms with Crippen LogP contribution in [0.1, 0.15) is 19.8 Å². The van der Waals surface area contributed by atoms with E-state index in [4.69, 9.17) is 21.1 Å². The van der Waals surface area contributed by atoms with E-state index in [1.807, 2.05) is 0 Å². The highest BCUT2D eigenvalue weighted by Crippen LogP contribution is 2.15. The van der Waals surface area contributed by atoms with E-state index in [2.05, 4.69) is 10.5 Å². The molecule has 0 saturated carbocycles. The molecule has 1 aromatic carbocycles. The fraction of sp³-hybridized carbons (Fsp3) is 0.438. The second-order valence-corrected chi connectivity index (χ2v) is 5.58. The number of benzene rings is 1. The smallest absolute Gasteiger partial charge is 0.409 e. The van der Waals surface area contributed by atoms with E-state index in [1.165, 1.54) is 0 Å². The maximum atomic E-state index is 11.7. The van der Waals surface area contributed by atoms with Crippen molar-refractivity contribution in [1.82, 2.24) is 10.3 Å². The SMILES string of the molecule is CCOC(=O)N1CCC(=NNC(=O)COc2ccc(Cl)cc2)CC1. The number of carbonyl (C=O) groups excluding carboxylic acids is 2. The third kappa shape index (κ3) is 5.73. The van der Waals surface area contributed by atoms with Gasteiger partial charge in [-0.3, -0.25) is 4.79 Å². The van der Waals surface area contributed by atoms with Crippen molar-refractivity contribution in [2.45, 2.75) is 19.8 Å². The van der Waals surface area contributed by atoms with Gasteiger partial charge in [-0.25, -0.2) is 10.2 Å². The fourth-order valence-corrected chi connectivity index (χ4v) is 2.25. The number of hydrogen-bond acceptors (Lipinski definition) is 5. The minimum Gasteiger partial charge on any atom is -0.484 e. The first-order chi connectivity index (χ1) is 11.6. The standard InChI is InChI=1S/C16H20ClN3O4/c1-2-23-16(22)20-9-7-13(8-10-20)18-19-15(21)11-24-14-5-3-12(17)4-6-14/h3-6H,2,7-11H2,1H3,(H,19,21). The largest absolute Gasteiger partial charge is 0.484 e. The molecule has 1 aliphatic rings. The molecule has 0 aromatic heterocycles. The summed E-state index contributed by atoms with van der Waals surface area (Å²) in [5.74, 6) is 0.218. The van der Waals surface area contributed by atoms with Crippen molar-refractivity contribution in [1.29, 1.82) is 0 Å². The number of ether oxygens (including phenoxy) is 2. The lowest BCUT2D eigenvalue weighted by molar-refractivity contribution is -0.123. The zero-order valence-electron chi connectivity index (χ0n) is 13.5. The molecule has 2 amide bonds. The number of nitrogens with one attached hydrogen (secondary N) is 1. The maximum absolute atomic E-state index is 11.7. The van der Waals surface area contributed by atoms with E-state index < -0.39 is 0 Å². The Morgan fingerprint density at radius 2 is 1.92 bits per heavy atom. The second-order valence-electron chi connectivity index (χ2n) is 5.14. The van der Waals surface area contributed by atoms with Crippen LogP contribution in [0, 0.1) is 0 Å². The average molecular weight is 354 g/mol. The highest BCUT2D eigenvalue weighted by atomic mass is 35.5. The van der Waals surface area contributed by atoms with Gasteiger partial charge < -0.3 is 14.4 Å². The van der Waals surface area contributed by atoms with Gasteiger partial charge in [0.2, 0.25) is 0 Å². The number of piperidine rings is 1. The van der Waals surface area contributed by atoms with Gasteiger partial charge in [0.1, 0.15) is 5.75 Å². The lowest BCUT2D eigenvalue weighted by atomic mass is 10.1. The van der Waals surface area contributed by atoms with Gasteiger partial charge in [0.05, 0.1) is 6.61 Å². The summed E-state index contributed by atoms with van der Waals surface area (Å²) in [7, 11) is 0. The first-order valence-electron chi connectivity index (χ1n) is 7.73. The molecule has 0 aliphatic carbocycles. The van der Waals surface area contributed by atoms with Crippen LogP contribution in [-0.2, 0) is 9.53 Å². The summed E-state index contributed by atoms with van der Waals surface area (Å²) in [4.78, 5) is 24.9. The van der Waals surface area contributed by atoms with Crippen molar-refractivity contribution in [3.63, 3.8) is 0 Å². The molecule has 0 atom stereocenters. The molecule has 8 heteroatoms. The Balaban J connectivity index is 1.70. The van der Waals surface area contributed by atoms with E-state index in [9.17, 15) is 9.59 Å². The Labute approximate surface area is 145 Å². The molecule has 1 saturated heterocycles. The molecule has 0 spiro atoms. The van der Waals surface area contributed by atoms with Gasteiger partial charge in [0, 0.05) is 36.7 Å². The van der Waals surface area contributed by atoms with Crippen molar-refractivity contribution in [3.8, 4) is 5.75 Å². The van der Waals surface area contributed by atoms with Gasteiger partial charge in [0.25, 0.3) is 5.91 Å². The molecule has 1 heterocycles. The minimum atomic E-state index is -0.342. The summed E-state index contributed by atoms with van der Waals surface area (Å²) < 4.78 is 10.3. The van der Waals surface area contributed by atoms with Gasteiger partial charge in [-0.1, -0.05) is 11.6 Å². The molecule has 0 radical (unpaired) electrons. The molecule has 1 fully saturated rings. The summed E-state index contributed by atoms with van der Waals surface area (Å²) in [6.07, 6.45) is 0.908. The zero-order valence-corrected chi connectivity index (χ0v) is 14.2. The molecule has 1 N–H and O–H groups in total. The van der Waals surface area contributed by atoms with Crippen molar-refractivity contribution in [2.24, 2.45) is 5.10 Å². The molecule has 130 valence electrons. The number of hydrogen-bond donors (Lipinski definition) is 1. The Hall–Kier alpha value is -2.28. The minimum absolute atomic E-state index is 0.132. The molecule has 0 bridgehead atoms. The normalized spacial score (nSPS) is 14.1. The van der Waals surface area contributed by atoms with Crippen LogP contribution in [0.2, 0.25) is 5.02 Å². The third-order valence-corrected chi connectivity index (χ3v) is 3.64. The fourth-order valence-electron chi connectivity index (χ4n) is 2.13. The number of hydrazone groups is 1. The number of rotatable bonds is 5. The van der Waals surface area contributed by atoms with Gasteiger partial charge in [-0.15, -0.1) is 0 Å². The van der Waals surface area contributed by atoms with Gasteiger partial charge in [-0.05, 0) is 31.2 Å². The number of likely N-dealkylation sites (tertiary alicyclic amines) is 1. The maximum Gasteiger partial charge on any atom is 0.409 e. The molecule has 7 nitrogen and oxygen atoms in total. The van der Waals surface area contributed by atoms with Gasteiger partial charge in [0.15, 0.2) is 6.61 Å². The van der Waals surface area contributed by atoms with Crippen LogP contribution in [0.4, 0.5) is 4.79 Å². The van der Waals surface area contributed by atoms with E-state index in [0.717, 1.165) is 5.71 Å². The summed E-state index contributed by atoms with van der Waals surface area (Å²) >= 11 is 5.77. The number of amides is 2. The van der Waals surface area contributed by atoms with Crippen molar-refractivity contribution >= 4 is 29.3 Å². The predicted octanol–water partition coefficient (Wildman–Crippen LogP) is 2.44. The summed E-state index contributed by atoms with van der Waals surface area (Å²) in [5, 5.41) is 4.69. The summed E-state index contributed by atoms with van der Waals surface area (Å²) in [6.45, 7) is 3.08. The molecular formula is C16H20ClN3O4. The Kier molecular flexibility index (Phi) is 6.87. The van der Waals surface area contributed by atoms with Crippen LogP contribution in [0.15, 0.2) is 29.4 Å². The Morgan fingerprint density at radius 1 is 1.25 bits per heavy atom. The van der Waals surface area contributed by atoms with E-state index in [1.54, 1.807) is 36.1 Å². The molecule has 24 heavy (non-hydrogen) atoms. The van der Waals surface area contributed by atoms with Crippen LogP contribution in [0.5, 0.6) is 5.75 Å². The second kappa shape index (κ2) is 9.12. The predicted molar refractivity (Wildman–Crippen MR) is 90.4 cm³/mol. The molecule has 0 unspecified atom stereocenters. The average Bonchev–Trinajstić information content (AvgIpc) is 2.60. The van der Waals surface area contributed by atoms with Crippen molar-refractivity contribution < 1.29 is 19.1 Å². The lowest BCUT2D eigenvalue weighted by Crippen LogP contribution is -2.39.